The maximum Gasteiger partial charge on any atom is 0.255 e. The van der Waals surface area contributed by atoms with Gasteiger partial charge < -0.3 is 19.5 Å². The average Bonchev–Trinajstić information content (AvgIpc) is 3.28. The molecule has 0 aliphatic carbocycles. The molecule has 4 rings (SSSR count). The maximum atomic E-state index is 12.9. The number of anilines is 1. The Balaban J connectivity index is 1.34. The summed E-state index contributed by atoms with van der Waals surface area (Å²) in [7, 11) is -1.65. The summed E-state index contributed by atoms with van der Waals surface area (Å²) in [5, 5.41) is 2.80. The van der Waals surface area contributed by atoms with Crippen LogP contribution in [0.25, 0.3) is 0 Å². The van der Waals surface area contributed by atoms with Crippen LogP contribution < -0.4 is 10.1 Å². The molecule has 1 amide bonds. The molecule has 0 saturated carbocycles. The predicted molar refractivity (Wildman–Crippen MR) is 129 cm³/mol. The standard InChI is InChI=1S/C24H29N5O4S/c1-3-28-14-16-29(17-15-28)34(31,32)22-10-6-20(7-11-22)26-24(30)19-4-8-21(9-5-19)33-18-23-25-12-13-27(23)2/h4-13H,3,14-18H2,1-2H3,(H,26,30). The van der Waals surface area contributed by atoms with Crippen LogP contribution in [-0.4, -0.2) is 65.8 Å². The highest BCUT2D eigenvalue weighted by Crippen LogP contribution is 2.21. The van der Waals surface area contributed by atoms with E-state index < -0.39 is 10.0 Å². The summed E-state index contributed by atoms with van der Waals surface area (Å²) in [6.07, 6.45) is 3.56. The first-order chi connectivity index (χ1) is 16.4. The topological polar surface area (TPSA) is 96.8 Å². The summed E-state index contributed by atoms with van der Waals surface area (Å²) >= 11 is 0. The normalized spacial score (nSPS) is 15.2. The van der Waals surface area contributed by atoms with Crippen molar-refractivity contribution >= 4 is 21.6 Å². The molecule has 1 saturated heterocycles. The van der Waals surface area contributed by atoms with Crippen molar-refractivity contribution in [2.45, 2.75) is 18.4 Å². The summed E-state index contributed by atoms with van der Waals surface area (Å²) in [6.45, 7) is 5.75. The lowest BCUT2D eigenvalue weighted by molar-refractivity contribution is 0.102. The Morgan fingerprint density at radius 2 is 1.71 bits per heavy atom. The highest BCUT2D eigenvalue weighted by atomic mass is 32.2. The summed E-state index contributed by atoms with van der Waals surface area (Å²) in [4.78, 5) is 19.3. The molecule has 1 N–H and O–H groups in total. The molecular weight excluding hydrogens is 454 g/mol. The first-order valence-corrected chi connectivity index (χ1v) is 12.6. The van der Waals surface area contributed by atoms with Gasteiger partial charge in [0.15, 0.2) is 0 Å². The molecule has 1 aliphatic heterocycles. The number of hydrogen-bond donors (Lipinski definition) is 1. The van der Waals surface area contributed by atoms with Gasteiger partial charge in [0, 0.05) is 56.9 Å². The Hall–Kier alpha value is -3.21. The van der Waals surface area contributed by atoms with Gasteiger partial charge in [-0.25, -0.2) is 13.4 Å². The van der Waals surface area contributed by atoms with Crippen molar-refractivity contribution in [3.63, 3.8) is 0 Å². The van der Waals surface area contributed by atoms with E-state index in [2.05, 4.69) is 22.1 Å². The second-order valence-corrected chi connectivity index (χ2v) is 10.0. The van der Waals surface area contributed by atoms with Gasteiger partial charge in [0.05, 0.1) is 4.90 Å². The van der Waals surface area contributed by atoms with Gasteiger partial charge in [0.25, 0.3) is 5.91 Å². The van der Waals surface area contributed by atoms with Gasteiger partial charge in [-0.3, -0.25) is 4.79 Å². The van der Waals surface area contributed by atoms with Gasteiger partial charge in [-0.15, -0.1) is 0 Å². The fourth-order valence-corrected chi connectivity index (χ4v) is 5.16. The number of amides is 1. The van der Waals surface area contributed by atoms with E-state index in [-0.39, 0.29) is 10.8 Å². The Morgan fingerprint density at radius 1 is 1.03 bits per heavy atom. The van der Waals surface area contributed by atoms with Crippen LogP contribution in [0, 0.1) is 0 Å². The molecule has 1 fully saturated rings. The van der Waals surface area contributed by atoms with E-state index in [4.69, 9.17) is 4.74 Å². The summed E-state index contributed by atoms with van der Waals surface area (Å²) in [5.74, 6) is 1.14. The fraction of sp³-hybridized carbons (Fsp3) is 0.333. The molecule has 1 aromatic heterocycles. The number of carbonyl (C=O) groups excluding carboxylic acids is 1. The molecule has 10 heteroatoms. The number of aromatic nitrogens is 2. The van der Waals surface area contributed by atoms with Crippen molar-refractivity contribution in [2.75, 3.05) is 38.0 Å². The largest absolute Gasteiger partial charge is 0.486 e. The van der Waals surface area contributed by atoms with Crippen molar-refractivity contribution in [1.29, 1.82) is 0 Å². The lowest BCUT2D eigenvalue weighted by atomic mass is 10.2. The van der Waals surface area contributed by atoms with E-state index in [1.807, 2.05) is 17.8 Å². The van der Waals surface area contributed by atoms with E-state index in [9.17, 15) is 13.2 Å². The van der Waals surface area contributed by atoms with Gasteiger partial charge in [0.2, 0.25) is 10.0 Å². The molecule has 0 spiro atoms. The van der Waals surface area contributed by atoms with Crippen molar-refractivity contribution in [3.05, 3.63) is 72.3 Å². The number of sulfonamides is 1. The maximum absolute atomic E-state index is 12.9. The molecule has 2 aromatic carbocycles. The minimum absolute atomic E-state index is 0.227. The molecular formula is C24H29N5O4S. The van der Waals surface area contributed by atoms with Crippen molar-refractivity contribution in [3.8, 4) is 5.75 Å². The molecule has 0 atom stereocenters. The van der Waals surface area contributed by atoms with Crippen LogP contribution >= 0.6 is 0 Å². The van der Waals surface area contributed by atoms with E-state index in [0.29, 0.717) is 36.7 Å². The molecule has 0 unspecified atom stereocenters. The second kappa shape index (κ2) is 10.4. The molecule has 0 radical (unpaired) electrons. The zero-order chi connectivity index (χ0) is 24.1. The van der Waals surface area contributed by atoms with Crippen LogP contribution in [0.1, 0.15) is 23.1 Å². The smallest absolute Gasteiger partial charge is 0.255 e. The second-order valence-electron chi connectivity index (χ2n) is 8.08. The molecule has 1 aliphatic rings. The van der Waals surface area contributed by atoms with Gasteiger partial charge in [-0.05, 0) is 55.1 Å². The molecule has 34 heavy (non-hydrogen) atoms. The molecule has 9 nitrogen and oxygen atoms in total. The van der Waals surface area contributed by atoms with Crippen molar-refractivity contribution in [1.82, 2.24) is 18.8 Å². The molecule has 3 aromatic rings. The predicted octanol–water partition coefficient (Wildman–Crippen LogP) is 2.58. The SMILES string of the molecule is CCN1CCN(S(=O)(=O)c2ccc(NC(=O)c3ccc(OCc4nccn4C)cc3)cc2)CC1. The van der Waals surface area contributed by atoms with Gasteiger partial charge >= 0.3 is 0 Å². The first-order valence-electron chi connectivity index (χ1n) is 11.2. The number of likely N-dealkylation sites (N-methyl/N-ethyl adjacent to an activating group) is 1. The quantitative estimate of drug-likeness (QED) is 0.529. The Morgan fingerprint density at radius 3 is 2.29 bits per heavy atom. The van der Waals surface area contributed by atoms with E-state index in [1.54, 1.807) is 42.6 Å². The number of rotatable bonds is 8. The number of hydrogen-bond acceptors (Lipinski definition) is 6. The van der Waals surface area contributed by atoms with Crippen LogP contribution in [0.2, 0.25) is 0 Å². The lowest BCUT2D eigenvalue weighted by Crippen LogP contribution is -2.48. The van der Waals surface area contributed by atoms with Gasteiger partial charge in [0.1, 0.15) is 18.2 Å². The van der Waals surface area contributed by atoms with Crippen molar-refractivity contribution in [2.24, 2.45) is 7.05 Å². The number of imidazole rings is 1. The molecule has 2 heterocycles. The first kappa shape index (κ1) is 23.9. The van der Waals surface area contributed by atoms with E-state index in [0.717, 1.165) is 25.5 Å². The minimum Gasteiger partial charge on any atom is -0.486 e. The summed E-state index contributed by atoms with van der Waals surface area (Å²) in [5.41, 5.74) is 0.990. The zero-order valence-corrected chi connectivity index (χ0v) is 20.2. The Kier molecular flexibility index (Phi) is 7.30. The minimum atomic E-state index is -3.55. The number of carbonyl (C=O) groups is 1. The summed E-state index contributed by atoms with van der Waals surface area (Å²) < 4.78 is 34.9. The van der Waals surface area contributed by atoms with E-state index in [1.165, 1.54) is 16.4 Å². The third-order valence-electron chi connectivity index (χ3n) is 5.93. The van der Waals surface area contributed by atoms with E-state index >= 15 is 0 Å². The van der Waals surface area contributed by atoms with Crippen LogP contribution in [-0.2, 0) is 23.7 Å². The number of nitrogens with zero attached hydrogens (tertiary/aromatic N) is 4. The van der Waals surface area contributed by atoms with Crippen LogP contribution in [0.15, 0.2) is 65.8 Å². The number of aryl methyl sites for hydroxylation is 1. The lowest BCUT2D eigenvalue weighted by Gasteiger charge is -2.33. The van der Waals surface area contributed by atoms with Crippen molar-refractivity contribution < 1.29 is 17.9 Å². The third-order valence-corrected chi connectivity index (χ3v) is 7.85. The molecule has 0 bridgehead atoms. The third kappa shape index (κ3) is 5.46. The number of piperazine rings is 1. The van der Waals surface area contributed by atoms with Gasteiger partial charge in [-0.1, -0.05) is 6.92 Å². The van der Waals surface area contributed by atoms with Crippen LogP contribution in [0.5, 0.6) is 5.75 Å². The number of nitrogens with one attached hydrogen (secondary N) is 1. The number of ether oxygens (including phenoxy) is 1. The Labute approximate surface area is 200 Å². The monoisotopic (exact) mass is 483 g/mol. The van der Waals surface area contributed by atoms with Crippen LogP contribution in [0.4, 0.5) is 5.69 Å². The molecule has 180 valence electrons. The highest BCUT2D eigenvalue weighted by molar-refractivity contribution is 7.89. The van der Waals surface area contributed by atoms with Crippen LogP contribution in [0.3, 0.4) is 0 Å². The Bertz CT molecular complexity index is 1220. The number of benzene rings is 2. The van der Waals surface area contributed by atoms with Gasteiger partial charge in [-0.2, -0.15) is 4.31 Å². The fourth-order valence-electron chi connectivity index (χ4n) is 3.73. The summed E-state index contributed by atoms with van der Waals surface area (Å²) in [6, 6.07) is 13.1. The zero-order valence-electron chi connectivity index (χ0n) is 19.3. The average molecular weight is 484 g/mol. The highest BCUT2D eigenvalue weighted by Gasteiger charge is 2.27.